The Morgan fingerprint density at radius 3 is 2.50 bits per heavy atom. The number of fused-ring (bicyclic) bond motifs is 3. The predicted octanol–water partition coefficient (Wildman–Crippen LogP) is 1.76. The molecule has 3 aliphatic heterocycles. The van der Waals surface area contributed by atoms with Crippen molar-refractivity contribution in [2.45, 2.75) is 68.8 Å². The Hall–Kier alpha value is -3.23. The van der Waals surface area contributed by atoms with E-state index in [4.69, 9.17) is 4.98 Å². The number of hydrogen-bond acceptors (Lipinski definition) is 9. The van der Waals surface area contributed by atoms with Gasteiger partial charge in [0.25, 0.3) is 0 Å². The number of carbonyl (C=O) groups excluding carboxylic acids is 1. The molecule has 2 bridgehead atoms. The molecular formula is C28H40N10O3S. The van der Waals surface area contributed by atoms with E-state index < -0.39 is 10.0 Å². The molecule has 1 amide bonds. The zero-order valence-corrected chi connectivity index (χ0v) is 25.0. The fraction of sp³-hybridized carbons (Fsp3) is 0.643. The number of pyridine rings is 1. The first-order valence-corrected chi connectivity index (χ1v) is 16.7. The lowest BCUT2D eigenvalue weighted by atomic mass is 10.0. The summed E-state index contributed by atoms with van der Waals surface area (Å²) in [6.45, 7) is 4.76. The smallest absolute Gasteiger partial charge is 0.247 e. The van der Waals surface area contributed by atoms with Crippen LogP contribution in [0.5, 0.6) is 0 Å². The van der Waals surface area contributed by atoms with Crippen molar-refractivity contribution in [1.82, 2.24) is 38.5 Å². The average molecular weight is 597 g/mol. The summed E-state index contributed by atoms with van der Waals surface area (Å²) in [5.74, 6) is 0.503. The fourth-order valence-corrected chi connectivity index (χ4v) is 9.59. The number of aromatic nitrogens is 5. The Labute approximate surface area is 246 Å². The van der Waals surface area contributed by atoms with Gasteiger partial charge in [-0.3, -0.25) is 9.48 Å². The molecule has 1 aliphatic carbocycles. The molecule has 6 heterocycles. The molecule has 2 atom stereocenters. The van der Waals surface area contributed by atoms with E-state index in [1.54, 1.807) is 21.6 Å². The van der Waals surface area contributed by atoms with Crippen molar-refractivity contribution in [2.75, 3.05) is 56.5 Å². The Morgan fingerprint density at radius 1 is 1.02 bits per heavy atom. The minimum absolute atomic E-state index is 0.00385. The van der Waals surface area contributed by atoms with Crippen molar-refractivity contribution < 1.29 is 13.2 Å². The van der Waals surface area contributed by atoms with E-state index in [-0.39, 0.29) is 29.8 Å². The van der Waals surface area contributed by atoms with Crippen LogP contribution in [0.4, 0.5) is 17.3 Å². The van der Waals surface area contributed by atoms with E-state index in [1.165, 1.54) is 0 Å². The van der Waals surface area contributed by atoms with E-state index >= 15 is 0 Å². The molecule has 1 saturated carbocycles. The second kappa shape index (κ2) is 11.1. The van der Waals surface area contributed by atoms with Crippen molar-refractivity contribution in [1.29, 1.82) is 0 Å². The largest absolute Gasteiger partial charge is 0.365 e. The quantitative estimate of drug-likeness (QED) is 0.435. The van der Waals surface area contributed by atoms with Crippen LogP contribution < -0.4 is 10.2 Å². The number of likely N-dealkylation sites (N-methyl/N-ethyl adjacent to an activating group) is 1. The Morgan fingerprint density at radius 2 is 1.76 bits per heavy atom. The summed E-state index contributed by atoms with van der Waals surface area (Å²) in [6.07, 6.45) is 11.9. The molecule has 3 aromatic rings. The van der Waals surface area contributed by atoms with Gasteiger partial charge in [-0.2, -0.15) is 14.4 Å². The first kappa shape index (κ1) is 27.6. The van der Waals surface area contributed by atoms with Gasteiger partial charge in [-0.15, -0.1) is 5.10 Å². The minimum Gasteiger partial charge on any atom is -0.365 e. The highest BCUT2D eigenvalue weighted by Gasteiger charge is 2.49. The van der Waals surface area contributed by atoms with E-state index in [0.717, 1.165) is 82.5 Å². The number of carbonyl (C=O) groups is 1. The summed E-state index contributed by atoms with van der Waals surface area (Å²) in [5, 5.41) is 12.0. The van der Waals surface area contributed by atoms with E-state index in [2.05, 4.69) is 32.4 Å². The highest BCUT2D eigenvalue weighted by Crippen LogP contribution is 2.39. The maximum Gasteiger partial charge on any atom is 0.247 e. The van der Waals surface area contributed by atoms with Gasteiger partial charge in [-0.1, -0.05) is 19.3 Å². The number of piperazine rings is 2. The standard InChI is InChI=1S/C28H40N10O3S/c1-33-12-14-34(15-13-33)26(39)20-36-17-21(16-29-36)30-28-31-27-25(8-5-11-37(27)32-28)35-18-22-9-10-23(19-35)38(22)42(40,41)24-6-3-2-4-7-24/h5,8,11,16-17,22-24H,2-4,6-7,9-10,12-15,18-20H2,1H3,(H,30,32). The van der Waals surface area contributed by atoms with Gasteiger partial charge in [0.05, 0.1) is 22.8 Å². The van der Waals surface area contributed by atoms with Gasteiger partial charge >= 0.3 is 0 Å². The minimum atomic E-state index is -3.28. The highest BCUT2D eigenvalue weighted by molar-refractivity contribution is 7.89. The number of nitrogens with one attached hydrogen (secondary N) is 1. The van der Waals surface area contributed by atoms with Gasteiger partial charge < -0.3 is 20.0 Å². The van der Waals surface area contributed by atoms with Crippen LogP contribution in [0.25, 0.3) is 5.65 Å². The molecule has 0 spiro atoms. The van der Waals surface area contributed by atoms with Gasteiger partial charge in [0, 0.05) is 63.7 Å². The molecule has 2 unspecified atom stereocenters. The molecule has 3 aromatic heterocycles. The van der Waals surface area contributed by atoms with Crippen molar-refractivity contribution in [3.63, 3.8) is 0 Å². The highest BCUT2D eigenvalue weighted by atomic mass is 32.2. The van der Waals surface area contributed by atoms with Crippen LogP contribution in [0.1, 0.15) is 44.9 Å². The Bertz CT molecular complexity index is 1530. The summed E-state index contributed by atoms with van der Waals surface area (Å²) >= 11 is 0. The molecule has 4 aliphatic rings. The van der Waals surface area contributed by atoms with Crippen LogP contribution in [-0.2, 0) is 21.4 Å². The SMILES string of the molecule is CN1CCN(C(=O)Cn2cc(Nc3nc4c(N5CC6CCC(C5)N6S(=O)(=O)C5CCCCC5)cccn4n3)cn2)CC1. The van der Waals surface area contributed by atoms with Crippen LogP contribution >= 0.6 is 0 Å². The van der Waals surface area contributed by atoms with Crippen molar-refractivity contribution in [2.24, 2.45) is 0 Å². The van der Waals surface area contributed by atoms with E-state index in [9.17, 15) is 13.2 Å². The fourth-order valence-electron chi connectivity index (χ4n) is 7.14. The van der Waals surface area contributed by atoms with Crippen molar-refractivity contribution >= 4 is 38.9 Å². The van der Waals surface area contributed by atoms with Crippen molar-refractivity contribution in [3.8, 4) is 0 Å². The molecule has 14 heteroatoms. The number of hydrogen-bond donors (Lipinski definition) is 1. The molecule has 0 radical (unpaired) electrons. The molecule has 7 rings (SSSR count). The number of sulfonamides is 1. The zero-order chi connectivity index (χ0) is 28.8. The van der Waals surface area contributed by atoms with Gasteiger partial charge in [0.15, 0.2) is 5.65 Å². The number of rotatable bonds is 7. The van der Waals surface area contributed by atoms with Gasteiger partial charge in [0.2, 0.25) is 21.9 Å². The molecule has 4 fully saturated rings. The third-order valence-electron chi connectivity index (χ3n) is 9.41. The lowest BCUT2D eigenvalue weighted by Gasteiger charge is -2.42. The normalized spacial score (nSPS) is 24.5. The Kier molecular flexibility index (Phi) is 7.31. The third kappa shape index (κ3) is 5.24. The molecule has 0 aromatic carbocycles. The average Bonchev–Trinajstić information content (AvgIpc) is 3.69. The van der Waals surface area contributed by atoms with Crippen LogP contribution in [-0.4, -0.2) is 116 Å². The van der Waals surface area contributed by atoms with Crippen LogP contribution in [0, 0.1) is 0 Å². The maximum atomic E-state index is 13.6. The van der Waals surface area contributed by atoms with E-state index in [0.29, 0.717) is 24.7 Å². The summed E-state index contributed by atoms with van der Waals surface area (Å²) in [7, 11) is -1.22. The summed E-state index contributed by atoms with van der Waals surface area (Å²) in [4.78, 5) is 23.9. The lowest BCUT2D eigenvalue weighted by molar-refractivity contribution is -0.133. The topological polar surface area (TPSA) is 124 Å². The van der Waals surface area contributed by atoms with Gasteiger partial charge in [-0.05, 0) is 44.9 Å². The van der Waals surface area contributed by atoms with Gasteiger partial charge in [-0.25, -0.2) is 12.9 Å². The molecule has 13 nitrogen and oxygen atoms in total. The number of nitrogens with zero attached hydrogens (tertiary/aromatic N) is 9. The monoisotopic (exact) mass is 596 g/mol. The zero-order valence-electron chi connectivity index (χ0n) is 24.2. The molecule has 3 saturated heterocycles. The summed E-state index contributed by atoms with van der Waals surface area (Å²) in [6, 6.07) is 3.99. The van der Waals surface area contributed by atoms with Gasteiger partial charge in [0.1, 0.15) is 6.54 Å². The second-order valence-electron chi connectivity index (χ2n) is 12.3. The first-order valence-electron chi connectivity index (χ1n) is 15.2. The van der Waals surface area contributed by atoms with Crippen LogP contribution in [0.3, 0.4) is 0 Å². The maximum absolute atomic E-state index is 13.6. The lowest BCUT2D eigenvalue weighted by Crippen LogP contribution is -2.57. The number of anilines is 3. The summed E-state index contributed by atoms with van der Waals surface area (Å²) in [5.41, 5.74) is 2.39. The molecular weight excluding hydrogens is 556 g/mol. The van der Waals surface area contributed by atoms with Crippen LogP contribution in [0.2, 0.25) is 0 Å². The first-order chi connectivity index (χ1) is 20.3. The predicted molar refractivity (Wildman–Crippen MR) is 159 cm³/mol. The van der Waals surface area contributed by atoms with Crippen LogP contribution in [0.15, 0.2) is 30.7 Å². The van der Waals surface area contributed by atoms with E-state index in [1.807, 2.05) is 27.5 Å². The number of amides is 1. The second-order valence-corrected chi connectivity index (χ2v) is 14.4. The summed E-state index contributed by atoms with van der Waals surface area (Å²) < 4.78 is 32.5. The Balaban J connectivity index is 1.04. The molecule has 1 N–H and O–H groups in total. The third-order valence-corrected chi connectivity index (χ3v) is 11.9. The molecule has 42 heavy (non-hydrogen) atoms. The molecule has 226 valence electrons. The van der Waals surface area contributed by atoms with Crippen molar-refractivity contribution in [3.05, 3.63) is 30.7 Å².